The molecule has 1 aromatic rings. The molecule has 0 spiro atoms. The van der Waals surface area contributed by atoms with E-state index in [9.17, 15) is 0 Å². The van der Waals surface area contributed by atoms with Gasteiger partial charge in [-0.1, -0.05) is 12.8 Å². The summed E-state index contributed by atoms with van der Waals surface area (Å²) in [6.07, 6.45) is 4.11. The van der Waals surface area contributed by atoms with E-state index >= 15 is 0 Å². The first-order chi connectivity index (χ1) is 6.70. The lowest BCUT2D eigenvalue weighted by molar-refractivity contribution is 0.514. The molecule has 4 heteroatoms. The zero-order valence-corrected chi connectivity index (χ0v) is 12.0. The van der Waals surface area contributed by atoms with Gasteiger partial charge in [0.25, 0.3) is 0 Å². The second kappa shape index (κ2) is 4.64. The molecule has 1 aromatic heterocycles. The second-order valence-electron chi connectivity index (χ2n) is 3.80. The fourth-order valence-corrected chi connectivity index (χ4v) is 4.65. The molecule has 1 aliphatic rings. The molecule has 1 fully saturated rings. The molecule has 1 nitrogen and oxygen atoms in total. The highest BCUT2D eigenvalue weighted by Crippen LogP contribution is 2.42. The Labute approximate surface area is 106 Å². The largest absolute Gasteiger partial charge is 0.313 e. The summed E-state index contributed by atoms with van der Waals surface area (Å²) in [5, 5.41) is 3.40. The maximum Gasteiger partial charge on any atom is 0.0758 e. The quantitative estimate of drug-likeness (QED) is 0.861. The molecule has 0 radical (unpaired) electrons. The first-order valence-electron chi connectivity index (χ1n) is 4.82. The molecule has 1 unspecified atom stereocenters. The number of thiophene rings is 1. The maximum atomic E-state index is 3.62. The van der Waals surface area contributed by atoms with Gasteiger partial charge in [0, 0.05) is 6.04 Å². The summed E-state index contributed by atoms with van der Waals surface area (Å²) in [4.78, 5) is 0. The molecule has 0 bridgehead atoms. The van der Waals surface area contributed by atoms with E-state index in [-0.39, 0.29) is 0 Å². The van der Waals surface area contributed by atoms with Crippen molar-refractivity contribution in [3.8, 4) is 0 Å². The van der Waals surface area contributed by atoms with Crippen LogP contribution in [-0.4, -0.2) is 7.05 Å². The molecule has 1 heterocycles. The van der Waals surface area contributed by atoms with Gasteiger partial charge in [-0.15, -0.1) is 11.3 Å². The van der Waals surface area contributed by atoms with Gasteiger partial charge < -0.3 is 5.32 Å². The maximum absolute atomic E-state index is 3.62. The Morgan fingerprint density at radius 1 is 1.57 bits per heavy atom. The summed E-state index contributed by atoms with van der Waals surface area (Å²) in [7, 11) is 2.05. The number of nitrogens with one attached hydrogen (secondary N) is 1. The third-order valence-electron chi connectivity index (χ3n) is 2.67. The molecule has 1 atom stereocenters. The summed E-state index contributed by atoms with van der Waals surface area (Å²) >= 11 is 8.89. The van der Waals surface area contributed by atoms with E-state index in [1.54, 1.807) is 11.3 Å². The minimum absolute atomic E-state index is 0.513. The van der Waals surface area contributed by atoms with E-state index in [0.717, 1.165) is 5.92 Å². The molecule has 1 saturated carbocycles. The molecular weight excluding hydrogens is 326 g/mol. The van der Waals surface area contributed by atoms with Crippen LogP contribution in [0.5, 0.6) is 0 Å². The van der Waals surface area contributed by atoms with E-state index in [2.05, 4.69) is 43.2 Å². The van der Waals surface area contributed by atoms with Gasteiger partial charge in [0.1, 0.15) is 0 Å². The Balaban J connectivity index is 2.12. The fraction of sp³-hybridized carbons (Fsp3) is 0.600. The number of rotatable bonds is 4. The molecule has 78 valence electrons. The van der Waals surface area contributed by atoms with Crippen LogP contribution < -0.4 is 5.32 Å². The third-order valence-corrected chi connectivity index (χ3v) is 5.06. The van der Waals surface area contributed by atoms with Crippen LogP contribution in [0.1, 0.15) is 30.9 Å². The highest BCUT2D eigenvalue weighted by molar-refractivity contribution is 9.12. The van der Waals surface area contributed by atoms with Crippen molar-refractivity contribution in [1.82, 2.24) is 5.32 Å². The van der Waals surface area contributed by atoms with Crippen molar-refractivity contribution in [2.45, 2.75) is 25.3 Å². The molecule has 2 rings (SSSR count). The smallest absolute Gasteiger partial charge is 0.0758 e. The fourth-order valence-electron chi connectivity index (χ4n) is 1.68. The van der Waals surface area contributed by atoms with Crippen LogP contribution in [0.25, 0.3) is 0 Å². The lowest BCUT2D eigenvalue weighted by Gasteiger charge is -2.14. The van der Waals surface area contributed by atoms with Gasteiger partial charge in [-0.25, -0.2) is 0 Å². The van der Waals surface area contributed by atoms with Crippen molar-refractivity contribution < 1.29 is 0 Å². The van der Waals surface area contributed by atoms with Crippen LogP contribution in [0.4, 0.5) is 0 Å². The highest BCUT2D eigenvalue weighted by atomic mass is 79.9. The SMILES string of the molecule is CNC(CC1CC1)c1cc(Br)sc1Br. The van der Waals surface area contributed by atoms with Gasteiger partial charge in [-0.2, -0.15) is 0 Å². The van der Waals surface area contributed by atoms with Gasteiger partial charge >= 0.3 is 0 Å². The monoisotopic (exact) mass is 337 g/mol. The Bertz CT molecular complexity index is 320. The average molecular weight is 339 g/mol. The third kappa shape index (κ3) is 2.60. The lowest BCUT2D eigenvalue weighted by atomic mass is 10.0. The number of halogens is 2. The van der Waals surface area contributed by atoms with E-state index in [0.29, 0.717) is 6.04 Å². The normalized spacial score (nSPS) is 18.5. The van der Waals surface area contributed by atoms with Crippen LogP contribution >= 0.6 is 43.2 Å². The summed E-state index contributed by atoms with van der Waals surface area (Å²) in [5.41, 5.74) is 1.40. The van der Waals surface area contributed by atoms with Gasteiger partial charge in [-0.05, 0) is 62.9 Å². The van der Waals surface area contributed by atoms with Crippen molar-refractivity contribution in [2.75, 3.05) is 7.05 Å². The summed E-state index contributed by atoms with van der Waals surface area (Å²) in [6, 6.07) is 2.73. The Morgan fingerprint density at radius 2 is 2.29 bits per heavy atom. The first-order valence-corrected chi connectivity index (χ1v) is 7.23. The van der Waals surface area contributed by atoms with Crippen LogP contribution in [-0.2, 0) is 0 Å². The van der Waals surface area contributed by atoms with Crippen LogP contribution in [0.2, 0.25) is 0 Å². The van der Waals surface area contributed by atoms with E-state index < -0.39 is 0 Å². The lowest BCUT2D eigenvalue weighted by Crippen LogP contribution is -2.16. The van der Waals surface area contributed by atoms with Gasteiger partial charge in [0.2, 0.25) is 0 Å². The molecule has 14 heavy (non-hydrogen) atoms. The zero-order chi connectivity index (χ0) is 10.1. The van der Waals surface area contributed by atoms with Gasteiger partial charge in [-0.3, -0.25) is 0 Å². The Kier molecular flexibility index (Phi) is 3.68. The van der Waals surface area contributed by atoms with Crippen molar-refractivity contribution in [3.05, 3.63) is 19.2 Å². The topological polar surface area (TPSA) is 12.0 Å². The summed E-state index contributed by atoms with van der Waals surface area (Å²) in [6.45, 7) is 0. The van der Waals surface area contributed by atoms with E-state index in [1.165, 1.54) is 32.4 Å². The van der Waals surface area contributed by atoms with E-state index in [1.807, 2.05) is 7.05 Å². The van der Waals surface area contributed by atoms with Crippen molar-refractivity contribution in [1.29, 1.82) is 0 Å². The predicted octanol–water partition coefficient (Wildman–Crippen LogP) is 4.33. The average Bonchev–Trinajstić information content (AvgIpc) is 2.89. The molecule has 1 N–H and O–H groups in total. The molecule has 0 amide bonds. The number of hydrogen-bond acceptors (Lipinski definition) is 2. The molecule has 0 saturated heterocycles. The molecule has 1 aliphatic carbocycles. The summed E-state index contributed by atoms with van der Waals surface area (Å²) in [5.74, 6) is 0.957. The Morgan fingerprint density at radius 3 is 2.71 bits per heavy atom. The molecule has 0 aliphatic heterocycles. The summed E-state index contributed by atoms with van der Waals surface area (Å²) < 4.78 is 2.46. The highest BCUT2D eigenvalue weighted by Gasteiger charge is 2.27. The van der Waals surface area contributed by atoms with Crippen LogP contribution in [0.3, 0.4) is 0 Å². The van der Waals surface area contributed by atoms with Gasteiger partial charge in [0.05, 0.1) is 7.57 Å². The van der Waals surface area contributed by atoms with Crippen molar-refractivity contribution >= 4 is 43.2 Å². The minimum Gasteiger partial charge on any atom is -0.313 e. The predicted molar refractivity (Wildman–Crippen MR) is 68.9 cm³/mol. The standard InChI is InChI=1S/C10H13Br2NS/c1-13-8(4-6-2-3-6)7-5-9(11)14-10(7)12/h5-6,8,13H,2-4H2,1H3. The van der Waals surface area contributed by atoms with Crippen molar-refractivity contribution in [3.63, 3.8) is 0 Å². The van der Waals surface area contributed by atoms with Gasteiger partial charge in [0.15, 0.2) is 0 Å². The Hall–Kier alpha value is 0.620. The molecular formula is C10H13Br2NS. The number of hydrogen-bond donors (Lipinski definition) is 1. The minimum atomic E-state index is 0.513. The van der Waals surface area contributed by atoms with Crippen LogP contribution in [0.15, 0.2) is 13.6 Å². The van der Waals surface area contributed by atoms with Crippen LogP contribution in [0, 0.1) is 5.92 Å². The second-order valence-corrected chi connectivity index (χ2v) is 7.55. The first kappa shape index (κ1) is 11.1. The van der Waals surface area contributed by atoms with Crippen molar-refractivity contribution in [2.24, 2.45) is 5.92 Å². The molecule has 0 aromatic carbocycles. The zero-order valence-electron chi connectivity index (χ0n) is 8.02. The van der Waals surface area contributed by atoms with E-state index in [4.69, 9.17) is 0 Å².